The van der Waals surface area contributed by atoms with Gasteiger partial charge in [-0.25, -0.2) is 0 Å². The topological polar surface area (TPSA) is 149 Å². The minimum Gasteiger partial charge on any atom is -0.507 e. The Morgan fingerprint density at radius 2 is 1.63 bits per heavy atom. The number of hydrogen-bond donors (Lipinski definition) is 2. The van der Waals surface area contributed by atoms with Crippen LogP contribution < -0.4 is 19.9 Å². The Morgan fingerprint density at radius 1 is 0.912 bits per heavy atom. The van der Waals surface area contributed by atoms with Crippen molar-refractivity contribution in [2.24, 2.45) is 13.0 Å². The van der Waals surface area contributed by atoms with Crippen LogP contribution in [0, 0.1) is 5.92 Å². The third-order valence-corrected chi connectivity index (χ3v) is 12.6. The molecule has 14 nitrogen and oxygen atoms in total. The number of carbonyl (C=O) groups is 3. The molecule has 4 aliphatic heterocycles. The fraction of sp³-hybridized carbons (Fsp3) is 0.488. The van der Waals surface area contributed by atoms with Crippen molar-refractivity contribution in [3.05, 3.63) is 78.6 Å². The van der Waals surface area contributed by atoms with Crippen molar-refractivity contribution in [3.8, 4) is 22.9 Å². The van der Waals surface area contributed by atoms with Crippen LogP contribution in [0.3, 0.4) is 0 Å². The van der Waals surface area contributed by atoms with Gasteiger partial charge in [-0.2, -0.15) is 10.2 Å². The van der Waals surface area contributed by atoms with E-state index in [0.29, 0.717) is 61.8 Å². The lowest BCUT2D eigenvalue weighted by atomic mass is 9.88. The number of benzene rings is 2. The van der Waals surface area contributed by atoms with Crippen LogP contribution in [0.4, 0.5) is 11.4 Å². The quantitative estimate of drug-likeness (QED) is 0.222. The average Bonchev–Trinajstić information content (AvgIpc) is 3.65. The van der Waals surface area contributed by atoms with Crippen LogP contribution in [-0.4, -0.2) is 117 Å². The Hall–Kier alpha value is -5.50. The first-order chi connectivity index (χ1) is 27.6. The molecule has 0 radical (unpaired) electrons. The summed E-state index contributed by atoms with van der Waals surface area (Å²) >= 11 is 0. The van der Waals surface area contributed by atoms with Gasteiger partial charge in [-0.05, 0) is 73.9 Å². The van der Waals surface area contributed by atoms with Gasteiger partial charge in [0, 0.05) is 109 Å². The number of ether oxygens (including phenoxy) is 1. The number of hydrogen-bond acceptors (Lipinski definition) is 11. The van der Waals surface area contributed by atoms with E-state index in [1.165, 1.54) is 5.69 Å². The Bertz CT molecular complexity index is 2050. The molecule has 4 fully saturated rings. The first-order valence-corrected chi connectivity index (χ1v) is 20.4. The second kappa shape index (κ2) is 16.5. The number of anilines is 2. The average molecular weight is 776 g/mol. The van der Waals surface area contributed by atoms with E-state index in [1.54, 1.807) is 23.0 Å². The zero-order valence-corrected chi connectivity index (χ0v) is 32.9. The van der Waals surface area contributed by atoms with Crippen LogP contribution in [0.25, 0.3) is 11.3 Å². The third kappa shape index (κ3) is 8.46. The largest absolute Gasteiger partial charge is 0.507 e. The molecule has 3 amide bonds. The monoisotopic (exact) mass is 775 g/mol. The molecule has 2 N–H and O–H groups in total. The van der Waals surface area contributed by atoms with Gasteiger partial charge < -0.3 is 29.4 Å². The second-order valence-corrected chi connectivity index (χ2v) is 16.2. The minimum atomic E-state index is -1.04. The van der Waals surface area contributed by atoms with Gasteiger partial charge in [0.05, 0.1) is 23.5 Å². The van der Waals surface area contributed by atoms with E-state index in [9.17, 15) is 19.5 Å². The first-order valence-electron chi connectivity index (χ1n) is 20.4. The van der Waals surface area contributed by atoms with Gasteiger partial charge in [0.25, 0.3) is 5.91 Å². The van der Waals surface area contributed by atoms with Crippen LogP contribution in [0.2, 0.25) is 0 Å². The summed E-state index contributed by atoms with van der Waals surface area (Å²) in [7, 11) is 3.79. The molecular formula is C43H53N9O5. The number of nitrogens with one attached hydrogen (secondary N) is 1. The predicted molar refractivity (Wildman–Crippen MR) is 216 cm³/mol. The number of rotatable bonds is 10. The second-order valence-electron chi connectivity index (χ2n) is 16.2. The number of phenols is 1. The van der Waals surface area contributed by atoms with E-state index < -0.39 is 5.60 Å². The molecule has 300 valence electrons. The number of nitrogens with zero attached hydrogens (tertiary/aromatic N) is 8. The van der Waals surface area contributed by atoms with Crippen LogP contribution in [0.1, 0.15) is 62.8 Å². The molecule has 1 atom stereocenters. The lowest BCUT2D eigenvalue weighted by Crippen LogP contribution is -2.60. The summed E-state index contributed by atoms with van der Waals surface area (Å²) in [5.41, 5.74) is 3.20. The molecular weight excluding hydrogens is 723 g/mol. The summed E-state index contributed by atoms with van der Waals surface area (Å²) in [6, 6.07) is 19.3. The highest BCUT2D eigenvalue weighted by molar-refractivity contribution is 6.01. The van der Waals surface area contributed by atoms with Crippen molar-refractivity contribution in [1.82, 2.24) is 35.1 Å². The predicted octanol–water partition coefficient (Wildman–Crippen LogP) is 4.36. The van der Waals surface area contributed by atoms with Gasteiger partial charge in [0.1, 0.15) is 5.75 Å². The summed E-state index contributed by atoms with van der Waals surface area (Å²) < 4.78 is 8.27. The van der Waals surface area contributed by atoms with E-state index in [-0.39, 0.29) is 35.4 Å². The van der Waals surface area contributed by atoms with Gasteiger partial charge >= 0.3 is 0 Å². The molecule has 8 rings (SSSR count). The number of likely N-dealkylation sites (N-methyl/N-ethyl adjacent to an activating group) is 1. The molecule has 0 saturated carbocycles. The van der Waals surface area contributed by atoms with Crippen molar-refractivity contribution in [2.45, 2.75) is 68.9 Å². The van der Waals surface area contributed by atoms with E-state index in [0.717, 1.165) is 69.7 Å². The van der Waals surface area contributed by atoms with E-state index in [4.69, 9.17) is 4.74 Å². The molecule has 4 aromatic rings. The van der Waals surface area contributed by atoms with Crippen molar-refractivity contribution >= 4 is 29.1 Å². The van der Waals surface area contributed by atoms with E-state index in [1.807, 2.05) is 61.6 Å². The number of piperidine rings is 4. The first kappa shape index (κ1) is 38.4. The van der Waals surface area contributed by atoms with Crippen molar-refractivity contribution < 1.29 is 24.2 Å². The maximum Gasteiger partial charge on any atom is 0.266 e. The smallest absolute Gasteiger partial charge is 0.266 e. The fourth-order valence-electron chi connectivity index (χ4n) is 9.13. The Labute approximate surface area is 333 Å². The molecule has 0 unspecified atom stereocenters. The number of aryl methyl sites for hydroxylation is 1. The maximum absolute atomic E-state index is 14.6. The number of imide groups is 1. The SMILES string of the molecule is CN(C(=O)C1(Oc2ccn(C)n2)CCN(c2cnnc(-c3ccccc3O)c2)CC1)C1CCN(CC2CCN(c3ccc([C@H]4CCC(=O)NC4=O)cc3)CC2)CC1. The highest BCUT2D eigenvalue weighted by atomic mass is 16.5. The van der Waals surface area contributed by atoms with E-state index >= 15 is 0 Å². The standard InChI is InChI=1S/C43H53N9O5/c1-48-20-17-40(47-48)57-43(18-25-52(26-19-43)34-27-37(46-44-28-34)36-5-3-4-6-38(36)53)42(56)49(2)32-15-21-50(22-16-32)29-30-13-23-51(24-14-30)33-9-7-31(8-10-33)35-11-12-39(54)45-41(35)55/h3-10,17,20,27-28,30,32,35,53H,11-16,18-19,21-26,29H2,1-2H3,(H,45,54,55)/t35-/m1/s1. The van der Waals surface area contributed by atoms with Gasteiger partial charge in [-0.3, -0.25) is 24.4 Å². The summed E-state index contributed by atoms with van der Waals surface area (Å²) in [6.07, 6.45) is 9.59. The van der Waals surface area contributed by atoms with E-state index in [2.05, 4.69) is 47.4 Å². The number of aromatic nitrogens is 4. The van der Waals surface area contributed by atoms with Crippen LogP contribution in [-0.2, 0) is 21.4 Å². The zero-order chi connectivity index (χ0) is 39.5. The number of aromatic hydroxyl groups is 1. The summed E-state index contributed by atoms with van der Waals surface area (Å²) in [5, 5.41) is 25.9. The molecule has 57 heavy (non-hydrogen) atoms. The summed E-state index contributed by atoms with van der Waals surface area (Å²) in [4.78, 5) is 47.6. The Morgan fingerprint density at radius 3 is 2.32 bits per heavy atom. The molecule has 6 heterocycles. The molecule has 2 aromatic heterocycles. The van der Waals surface area contributed by atoms with Crippen molar-refractivity contribution in [1.29, 1.82) is 0 Å². The molecule has 0 bridgehead atoms. The van der Waals surface area contributed by atoms with Gasteiger partial charge in [0.15, 0.2) is 5.60 Å². The molecule has 2 aromatic carbocycles. The molecule has 4 saturated heterocycles. The number of phenolic OH excluding ortho intramolecular Hbond substituents is 1. The number of para-hydroxylation sites is 1. The Kier molecular flexibility index (Phi) is 11.1. The van der Waals surface area contributed by atoms with Crippen molar-refractivity contribution in [2.75, 3.05) is 62.7 Å². The molecule has 0 spiro atoms. The minimum absolute atomic E-state index is 0.00603. The summed E-state index contributed by atoms with van der Waals surface area (Å²) in [6.45, 7) is 6.17. The zero-order valence-electron chi connectivity index (χ0n) is 32.9. The number of likely N-dealkylation sites (tertiary alicyclic amines) is 1. The summed E-state index contributed by atoms with van der Waals surface area (Å²) in [5.74, 6) is 0.599. The van der Waals surface area contributed by atoms with Gasteiger partial charge in [-0.1, -0.05) is 24.3 Å². The van der Waals surface area contributed by atoms with Crippen LogP contribution in [0.5, 0.6) is 11.6 Å². The number of amides is 3. The van der Waals surface area contributed by atoms with Gasteiger partial charge in [-0.15, -0.1) is 5.10 Å². The molecule has 14 heteroatoms. The lowest BCUT2D eigenvalue weighted by molar-refractivity contribution is -0.152. The number of carbonyl (C=O) groups excluding carboxylic acids is 3. The lowest BCUT2D eigenvalue weighted by Gasteiger charge is -2.45. The van der Waals surface area contributed by atoms with Crippen LogP contribution in [0.15, 0.2) is 73.1 Å². The van der Waals surface area contributed by atoms with Gasteiger partial charge in [0.2, 0.25) is 17.7 Å². The highest BCUT2D eigenvalue weighted by Crippen LogP contribution is 2.36. The van der Waals surface area contributed by atoms with Crippen LogP contribution >= 0.6 is 0 Å². The maximum atomic E-state index is 14.6. The highest BCUT2D eigenvalue weighted by Gasteiger charge is 2.47. The third-order valence-electron chi connectivity index (χ3n) is 12.6. The van der Waals surface area contributed by atoms with Crippen molar-refractivity contribution in [3.63, 3.8) is 0 Å². The normalized spacial score (nSPS) is 21.0. The molecule has 0 aliphatic carbocycles. The fourth-order valence-corrected chi connectivity index (χ4v) is 9.13. The molecule has 4 aliphatic rings. The Balaban J connectivity index is 0.841.